The number of nitrogens with one attached hydrogen (secondary N) is 1. The Kier molecular flexibility index (Phi) is 5.93. The van der Waals surface area contributed by atoms with Crippen molar-refractivity contribution in [2.24, 2.45) is 11.7 Å². The van der Waals surface area contributed by atoms with Crippen LogP contribution in [0.1, 0.15) is 37.8 Å². The first-order valence-electron chi connectivity index (χ1n) is 8.61. The first-order valence-corrected chi connectivity index (χ1v) is 9.49. The fourth-order valence-electron chi connectivity index (χ4n) is 3.32. The normalized spacial score (nSPS) is 16.7. The predicted octanol–water partition coefficient (Wildman–Crippen LogP) is 2.77. The lowest BCUT2D eigenvalue weighted by Crippen LogP contribution is -2.46. The molecule has 3 rings (SSSR count). The van der Waals surface area contributed by atoms with Crippen LogP contribution in [-0.4, -0.2) is 28.5 Å². The Morgan fingerprint density at radius 3 is 2.88 bits per heavy atom. The maximum atomic E-state index is 12.4. The van der Waals surface area contributed by atoms with E-state index < -0.39 is 0 Å². The van der Waals surface area contributed by atoms with Gasteiger partial charge in [0.2, 0.25) is 5.91 Å². The number of pyridine rings is 1. The summed E-state index contributed by atoms with van der Waals surface area (Å²) in [5.41, 5.74) is 7.52. The van der Waals surface area contributed by atoms with Crippen molar-refractivity contribution < 1.29 is 4.79 Å². The van der Waals surface area contributed by atoms with E-state index in [4.69, 9.17) is 5.73 Å². The highest BCUT2D eigenvalue weighted by molar-refractivity contribution is 7.13. The van der Waals surface area contributed by atoms with E-state index in [2.05, 4.69) is 15.3 Å². The summed E-state index contributed by atoms with van der Waals surface area (Å²) in [5.74, 6) is 0.529. The number of nitrogens with two attached hydrogens (primary N) is 1. The number of amides is 1. The Bertz CT molecular complexity index is 652. The molecule has 0 saturated heterocycles. The van der Waals surface area contributed by atoms with Gasteiger partial charge in [0.05, 0.1) is 17.8 Å². The molecule has 0 aliphatic heterocycles. The molecule has 3 N–H and O–H groups in total. The second-order valence-electron chi connectivity index (χ2n) is 6.34. The van der Waals surface area contributed by atoms with Crippen LogP contribution in [0.15, 0.2) is 29.8 Å². The lowest BCUT2D eigenvalue weighted by atomic mass is 9.84. The van der Waals surface area contributed by atoms with E-state index in [1.54, 1.807) is 6.20 Å². The van der Waals surface area contributed by atoms with Crippen LogP contribution < -0.4 is 11.1 Å². The Hall–Kier alpha value is -1.79. The number of aromatic nitrogens is 2. The number of hydrogen-bond donors (Lipinski definition) is 2. The number of carbonyl (C=O) groups excluding carboxylic acids is 1. The summed E-state index contributed by atoms with van der Waals surface area (Å²) >= 11 is 1.52. The van der Waals surface area contributed by atoms with E-state index in [1.807, 2.05) is 23.6 Å². The molecule has 128 valence electrons. The van der Waals surface area contributed by atoms with Gasteiger partial charge in [0.1, 0.15) is 5.01 Å². The van der Waals surface area contributed by atoms with Crippen LogP contribution in [0.5, 0.6) is 0 Å². The Morgan fingerprint density at radius 1 is 1.33 bits per heavy atom. The molecule has 1 amide bonds. The van der Waals surface area contributed by atoms with E-state index in [0.717, 1.165) is 16.4 Å². The minimum atomic E-state index is 0.00824. The second kappa shape index (κ2) is 8.35. The minimum Gasteiger partial charge on any atom is -0.351 e. The number of hydrogen-bond acceptors (Lipinski definition) is 5. The highest BCUT2D eigenvalue weighted by atomic mass is 32.1. The lowest BCUT2D eigenvalue weighted by molar-refractivity contribution is -0.121. The molecule has 0 aromatic carbocycles. The van der Waals surface area contributed by atoms with Crippen molar-refractivity contribution in [3.63, 3.8) is 0 Å². The molecule has 0 bridgehead atoms. The van der Waals surface area contributed by atoms with Gasteiger partial charge in [-0.05, 0) is 30.9 Å². The van der Waals surface area contributed by atoms with Crippen LogP contribution in [0, 0.1) is 5.92 Å². The quantitative estimate of drug-likeness (QED) is 0.844. The van der Waals surface area contributed by atoms with Crippen molar-refractivity contribution in [2.45, 2.75) is 44.6 Å². The number of carbonyl (C=O) groups is 1. The van der Waals surface area contributed by atoms with Gasteiger partial charge in [-0.25, -0.2) is 4.98 Å². The summed E-state index contributed by atoms with van der Waals surface area (Å²) in [6.07, 6.45) is 8.18. The average Bonchev–Trinajstić information content (AvgIpc) is 3.09. The van der Waals surface area contributed by atoms with Gasteiger partial charge in [0, 0.05) is 24.2 Å². The minimum absolute atomic E-state index is 0.00824. The van der Waals surface area contributed by atoms with Crippen LogP contribution in [-0.2, 0) is 11.2 Å². The summed E-state index contributed by atoms with van der Waals surface area (Å²) in [4.78, 5) is 21.2. The molecule has 1 unspecified atom stereocenters. The fraction of sp³-hybridized carbons (Fsp3) is 0.500. The molecule has 2 aromatic rings. The Labute approximate surface area is 146 Å². The molecule has 1 aliphatic rings. The van der Waals surface area contributed by atoms with Crippen LogP contribution >= 0.6 is 11.3 Å². The fourth-order valence-corrected chi connectivity index (χ4v) is 4.12. The van der Waals surface area contributed by atoms with Gasteiger partial charge in [0.25, 0.3) is 0 Å². The van der Waals surface area contributed by atoms with Crippen LogP contribution in [0.2, 0.25) is 0 Å². The number of thiazole rings is 1. The van der Waals surface area contributed by atoms with E-state index in [0.29, 0.717) is 18.9 Å². The monoisotopic (exact) mass is 344 g/mol. The third-order valence-electron chi connectivity index (χ3n) is 4.60. The first-order chi connectivity index (χ1) is 11.8. The van der Waals surface area contributed by atoms with Crippen molar-refractivity contribution in [2.75, 3.05) is 6.54 Å². The van der Waals surface area contributed by atoms with Crippen LogP contribution in [0.4, 0.5) is 0 Å². The van der Waals surface area contributed by atoms with Crippen LogP contribution in [0.25, 0.3) is 10.7 Å². The topological polar surface area (TPSA) is 80.9 Å². The molecule has 0 radical (unpaired) electrons. The molecule has 2 aromatic heterocycles. The smallest absolute Gasteiger partial charge is 0.226 e. The van der Waals surface area contributed by atoms with Gasteiger partial charge < -0.3 is 11.1 Å². The second-order valence-corrected chi connectivity index (χ2v) is 7.20. The molecule has 2 heterocycles. The SMILES string of the molecule is NCC(NC(=O)Cc1csc(-c2ccccn2)n1)C1CCCCC1. The maximum Gasteiger partial charge on any atom is 0.226 e. The van der Waals surface area contributed by atoms with Gasteiger partial charge in [0.15, 0.2) is 0 Å². The summed E-state index contributed by atoms with van der Waals surface area (Å²) in [6.45, 7) is 0.507. The molecule has 6 heteroatoms. The molecule has 0 spiro atoms. The van der Waals surface area contributed by atoms with E-state index >= 15 is 0 Å². The molecule has 1 aliphatic carbocycles. The Morgan fingerprint density at radius 2 is 2.17 bits per heavy atom. The van der Waals surface area contributed by atoms with E-state index in [1.165, 1.54) is 43.4 Å². The van der Waals surface area contributed by atoms with Gasteiger partial charge in [-0.3, -0.25) is 9.78 Å². The molecule has 1 fully saturated rings. The van der Waals surface area contributed by atoms with Gasteiger partial charge >= 0.3 is 0 Å². The lowest BCUT2D eigenvalue weighted by Gasteiger charge is -2.30. The highest BCUT2D eigenvalue weighted by Crippen LogP contribution is 2.26. The van der Waals surface area contributed by atoms with Crippen molar-refractivity contribution in [3.05, 3.63) is 35.5 Å². The third kappa shape index (κ3) is 4.39. The third-order valence-corrected chi connectivity index (χ3v) is 5.51. The van der Waals surface area contributed by atoms with E-state index in [-0.39, 0.29) is 11.9 Å². The molecule has 24 heavy (non-hydrogen) atoms. The molecule has 1 saturated carbocycles. The zero-order chi connectivity index (χ0) is 16.8. The zero-order valence-electron chi connectivity index (χ0n) is 13.8. The van der Waals surface area contributed by atoms with Gasteiger partial charge in [-0.2, -0.15) is 0 Å². The summed E-state index contributed by atoms with van der Waals surface area (Å²) < 4.78 is 0. The maximum absolute atomic E-state index is 12.4. The highest BCUT2D eigenvalue weighted by Gasteiger charge is 2.24. The summed E-state index contributed by atoms with van der Waals surface area (Å²) in [7, 11) is 0. The standard InChI is InChI=1S/C18H24N4OS/c19-11-16(13-6-2-1-3-7-13)22-17(23)10-14-12-24-18(21-14)15-8-4-5-9-20-15/h4-5,8-9,12-13,16H,1-3,6-7,10-11,19H2,(H,22,23). The van der Waals surface area contributed by atoms with Crippen molar-refractivity contribution in [3.8, 4) is 10.7 Å². The average molecular weight is 344 g/mol. The largest absolute Gasteiger partial charge is 0.351 e. The van der Waals surface area contributed by atoms with Gasteiger partial charge in [-0.15, -0.1) is 11.3 Å². The summed E-state index contributed by atoms with van der Waals surface area (Å²) in [6, 6.07) is 5.83. The van der Waals surface area contributed by atoms with Crippen LogP contribution in [0.3, 0.4) is 0 Å². The first kappa shape index (κ1) is 17.0. The Balaban J connectivity index is 1.57. The molecular weight excluding hydrogens is 320 g/mol. The van der Waals surface area contributed by atoms with Crippen molar-refractivity contribution in [1.82, 2.24) is 15.3 Å². The van der Waals surface area contributed by atoms with Crippen molar-refractivity contribution >= 4 is 17.2 Å². The molecule has 5 nitrogen and oxygen atoms in total. The number of nitrogens with zero attached hydrogens (tertiary/aromatic N) is 2. The van der Waals surface area contributed by atoms with Crippen molar-refractivity contribution in [1.29, 1.82) is 0 Å². The van der Waals surface area contributed by atoms with E-state index in [9.17, 15) is 4.79 Å². The van der Waals surface area contributed by atoms with Gasteiger partial charge in [-0.1, -0.05) is 25.3 Å². The predicted molar refractivity (Wildman–Crippen MR) is 96.6 cm³/mol. The molecular formula is C18H24N4OS. The zero-order valence-corrected chi connectivity index (χ0v) is 14.6. The molecule has 1 atom stereocenters. The number of rotatable bonds is 6. The summed E-state index contributed by atoms with van der Waals surface area (Å²) in [5, 5.41) is 5.90.